The van der Waals surface area contributed by atoms with Gasteiger partial charge in [0.25, 0.3) is 5.91 Å². The summed E-state index contributed by atoms with van der Waals surface area (Å²) in [6.07, 6.45) is 1.54. The Balaban J connectivity index is 2.26. The van der Waals surface area contributed by atoms with Gasteiger partial charge >= 0.3 is 0 Å². The molecule has 0 aliphatic heterocycles. The predicted octanol–water partition coefficient (Wildman–Crippen LogP) is 5.65. The molecule has 7 heteroatoms. The molecule has 0 aromatic heterocycles. The lowest BCUT2D eigenvalue weighted by atomic mass is 10.1. The molecule has 2 aromatic rings. The van der Waals surface area contributed by atoms with Gasteiger partial charge in [-0.1, -0.05) is 11.6 Å². The van der Waals surface area contributed by atoms with Gasteiger partial charge in [-0.15, -0.1) is 0 Å². The number of nitrogens with one attached hydrogen (secondary N) is 1. The Morgan fingerprint density at radius 2 is 2.08 bits per heavy atom. The van der Waals surface area contributed by atoms with Gasteiger partial charge in [0.05, 0.1) is 14.6 Å². The van der Waals surface area contributed by atoms with Crippen LogP contribution in [-0.4, -0.2) is 12.5 Å². The Hall–Kier alpha value is -1.56. The van der Waals surface area contributed by atoms with E-state index in [9.17, 15) is 10.1 Å². The smallest absolute Gasteiger partial charge is 0.266 e. The number of amides is 1. The van der Waals surface area contributed by atoms with E-state index >= 15 is 0 Å². The first-order valence-electron chi connectivity index (χ1n) is 7.25. The number of ether oxygens (including phenoxy) is 1. The highest BCUT2D eigenvalue weighted by molar-refractivity contribution is 14.1. The molecule has 4 nitrogen and oxygen atoms in total. The number of benzene rings is 2. The van der Waals surface area contributed by atoms with Crippen LogP contribution in [0, 0.1) is 14.9 Å². The van der Waals surface area contributed by atoms with Crippen LogP contribution < -0.4 is 10.1 Å². The maximum atomic E-state index is 12.3. The Morgan fingerprint density at radius 1 is 1.40 bits per heavy atom. The van der Waals surface area contributed by atoms with E-state index < -0.39 is 5.91 Å². The van der Waals surface area contributed by atoms with E-state index in [1.54, 1.807) is 30.3 Å². The number of hydrogen-bond acceptors (Lipinski definition) is 3. The highest BCUT2D eigenvalue weighted by Crippen LogP contribution is 2.32. The summed E-state index contributed by atoms with van der Waals surface area (Å²) in [5, 5.41) is 12.6. The third-order valence-corrected chi connectivity index (χ3v) is 4.73. The zero-order chi connectivity index (χ0) is 18.4. The second-order valence-electron chi connectivity index (χ2n) is 4.88. The summed E-state index contributed by atoms with van der Waals surface area (Å²) in [7, 11) is 0. The van der Waals surface area contributed by atoms with Crippen LogP contribution in [0.25, 0.3) is 6.08 Å². The summed E-state index contributed by atoms with van der Waals surface area (Å²) >= 11 is 11.4. The minimum atomic E-state index is -0.482. The molecular formula is C18H13BrClIN2O2. The van der Waals surface area contributed by atoms with Gasteiger partial charge in [-0.2, -0.15) is 5.26 Å². The molecule has 0 aliphatic carbocycles. The van der Waals surface area contributed by atoms with Gasteiger partial charge in [0.15, 0.2) is 0 Å². The molecule has 0 saturated heterocycles. The molecule has 0 bridgehead atoms. The Labute approximate surface area is 173 Å². The third kappa shape index (κ3) is 5.46. The van der Waals surface area contributed by atoms with Crippen molar-refractivity contribution in [1.29, 1.82) is 5.26 Å². The molecule has 0 unspecified atom stereocenters. The van der Waals surface area contributed by atoms with Gasteiger partial charge < -0.3 is 10.1 Å². The van der Waals surface area contributed by atoms with Crippen molar-refractivity contribution >= 4 is 67.8 Å². The standard InChI is InChI=1S/C18H13BrClIN2O2/c1-2-25-17-15(19)8-11(9-16(17)21)7-12(10-22)18(24)23-14-5-3-13(20)4-6-14/h3-9H,2H2,1H3,(H,23,24)/b12-7-. The van der Waals surface area contributed by atoms with E-state index in [0.717, 1.165) is 19.4 Å². The fourth-order valence-corrected chi connectivity index (χ4v) is 3.89. The van der Waals surface area contributed by atoms with Crippen molar-refractivity contribution in [3.63, 3.8) is 0 Å². The number of nitriles is 1. The number of carbonyl (C=O) groups excluding carboxylic acids is 1. The van der Waals surface area contributed by atoms with Crippen LogP contribution in [-0.2, 0) is 4.79 Å². The molecule has 2 aromatic carbocycles. The van der Waals surface area contributed by atoms with Crippen LogP contribution in [0.1, 0.15) is 12.5 Å². The van der Waals surface area contributed by atoms with Crippen LogP contribution in [0.4, 0.5) is 5.69 Å². The number of carbonyl (C=O) groups is 1. The van der Waals surface area contributed by atoms with Gasteiger partial charge in [0, 0.05) is 10.7 Å². The lowest BCUT2D eigenvalue weighted by Crippen LogP contribution is -2.13. The normalized spacial score (nSPS) is 10.9. The van der Waals surface area contributed by atoms with Crippen molar-refractivity contribution in [2.24, 2.45) is 0 Å². The maximum absolute atomic E-state index is 12.3. The minimum Gasteiger partial charge on any atom is -0.492 e. The first kappa shape index (κ1) is 19.8. The molecule has 1 amide bonds. The van der Waals surface area contributed by atoms with Crippen LogP contribution in [0.5, 0.6) is 5.75 Å². The Morgan fingerprint density at radius 3 is 2.64 bits per heavy atom. The molecule has 128 valence electrons. The van der Waals surface area contributed by atoms with E-state index in [1.165, 1.54) is 6.08 Å². The van der Waals surface area contributed by atoms with Gasteiger partial charge in [0.2, 0.25) is 0 Å². The van der Waals surface area contributed by atoms with E-state index in [-0.39, 0.29) is 5.57 Å². The average Bonchev–Trinajstić information content (AvgIpc) is 2.58. The number of anilines is 1. The Kier molecular flexibility index (Phi) is 7.29. The summed E-state index contributed by atoms with van der Waals surface area (Å²) < 4.78 is 7.21. The largest absolute Gasteiger partial charge is 0.492 e. The van der Waals surface area contributed by atoms with E-state index in [4.69, 9.17) is 16.3 Å². The Bertz CT molecular complexity index is 837. The quantitative estimate of drug-likeness (QED) is 0.308. The molecule has 2 rings (SSSR count). The molecule has 0 radical (unpaired) electrons. The molecule has 0 aliphatic rings. The van der Waals surface area contributed by atoms with E-state index in [1.807, 2.05) is 19.1 Å². The van der Waals surface area contributed by atoms with Crippen molar-refractivity contribution in [1.82, 2.24) is 0 Å². The van der Waals surface area contributed by atoms with Gasteiger partial charge in [-0.05, 0) is 93.5 Å². The highest BCUT2D eigenvalue weighted by Gasteiger charge is 2.12. The predicted molar refractivity (Wildman–Crippen MR) is 112 cm³/mol. The van der Waals surface area contributed by atoms with Crippen LogP contribution in [0.3, 0.4) is 0 Å². The fourth-order valence-electron chi connectivity index (χ4n) is 1.99. The first-order valence-corrected chi connectivity index (χ1v) is 9.50. The molecule has 0 atom stereocenters. The van der Waals surface area contributed by atoms with Crippen LogP contribution >= 0.6 is 50.1 Å². The van der Waals surface area contributed by atoms with Gasteiger partial charge in [-0.3, -0.25) is 4.79 Å². The average molecular weight is 532 g/mol. The van der Waals surface area contributed by atoms with Crippen LogP contribution in [0.15, 0.2) is 46.4 Å². The molecular weight excluding hydrogens is 518 g/mol. The van der Waals surface area contributed by atoms with Crippen molar-refractivity contribution in [3.8, 4) is 11.8 Å². The minimum absolute atomic E-state index is 0.00168. The summed E-state index contributed by atoms with van der Waals surface area (Å²) in [4.78, 5) is 12.3. The molecule has 0 saturated carbocycles. The third-order valence-electron chi connectivity index (χ3n) is 3.09. The van der Waals surface area contributed by atoms with E-state index in [0.29, 0.717) is 17.3 Å². The summed E-state index contributed by atoms with van der Waals surface area (Å²) in [5.41, 5.74) is 1.29. The maximum Gasteiger partial charge on any atom is 0.266 e. The molecule has 1 N–H and O–H groups in total. The monoisotopic (exact) mass is 530 g/mol. The van der Waals surface area contributed by atoms with Crippen LogP contribution in [0.2, 0.25) is 5.02 Å². The second-order valence-corrected chi connectivity index (χ2v) is 7.33. The fraction of sp³-hybridized carbons (Fsp3) is 0.111. The number of rotatable bonds is 5. The summed E-state index contributed by atoms with van der Waals surface area (Å²) in [6.45, 7) is 2.46. The number of hydrogen-bond donors (Lipinski definition) is 1. The highest BCUT2D eigenvalue weighted by atomic mass is 127. The lowest BCUT2D eigenvalue weighted by Gasteiger charge is -2.10. The van der Waals surface area contributed by atoms with Crippen molar-refractivity contribution in [2.45, 2.75) is 6.92 Å². The molecule has 0 heterocycles. The molecule has 0 fully saturated rings. The lowest BCUT2D eigenvalue weighted by molar-refractivity contribution is -0.112. The molecule has 25 heavy (non-hydrogen) atoms. The number of nitrogens with zero attached hydrogens (tertiary/aromatic N) is 1. The summed E-state index contributed by atoms with van der Waals surface area (Å²) in [6, 6.07) is 12.3. The topological polar surface area (TPSA) is 62.1 Å². The first-order chi connectivity index (χ1) is 11.9. The van der Waals surface area contributed by atoms with Crippen molar-refractivity contribution in [3.05, 3.63) is 60.6 Å². The summed E-state index contributed by atoms with van der Waals surface area (Å²) in [5.74, 6) is 0.259. The van der Waals surface area contributed by atoms with Crippen molar-refractivity contribution in [2.75, 3.05) is 11.9 Å². The zero-order valence-corrected chi connectivity index (χ0v) is 17.6. The van der Waals surface area contributed by atoms with E-state index in [2.05, 4.69) is 43.8 Å². The molecule has 0 spiro atoms. The second kappa shape index (κ2) is 9.22. The van der Waals surface area contributed by atoms with Crippen molar-refractivity contribution < 1.29 is 9.53 Å². The SMILES string of the molecule is CCOc1c(Br)cc(/C=C(/C#N)C(=O)Nc2ccc(Cl)cc2)cc1I. The van der Waals surface area contributed by atoms with Gasteiger partial charge in [0.1, 0.15) is 17.4 Å². The number of halogens is 3. The van der Waals surface area contributed by atoms with Gasteiger partial charge in [-0.25, -0.2) is 0 Å². The zero-order valence-electron chi connectivity index (χ0n) is 13.1.